The van der Waals surface area contributed by atoms with Gasteiger partial charge in [0, 0.05) is 12.5 Å². The number of piperidine rings is 3. The van der Waals surface area contributed by atoms with Gasteiger partial charge in [-0.3, -0.25) is 10.2 Å². The summed E-state index contributed by atoms with van der Waals surface area (Å²) in [6.07, 6.45) is 2.61. The highest BCUT2D eigenvalue weighted by atomic mass is 32.1. The number of hydrogen-bond donors (Lipinski definition) is 1. The SMILES string of the molecule is CC(C)Oc1ccc2nc(NC3=NC[C@@]4(CN5CCC4CC5)O3)sc2c1. The molecule has 2 bridgehead atoms. The van der Waals surface area contributed by atoms with Crippen LogP contribution in [-0.4, -0.2) is 53.8 Å². The molecule has 3 saturated heterocycles. The van der Waals surface area contributed by atoms with E-state index in [0.717, 1.165) is 34.2 Å². The molecule has 138 valence electrons. The number of rotatable bonds is 3. The third kappa shape index (κ3) is 2.83. The van der Waals surface area contributed by atoms with Crippen molar-refractivity contribution < 1.29 is 9.47 Å². The van der Waals surface area contributed by atoms with Crippen LogP contribution in [0.3, 0.4) is 0 Å². The van der Waals surface area contributed by atoms with Gasteiger partial charge in [-0.25, -0.2) is 9.98 Å². The van der Waals surface area contributed by atoms with E-state index in [-0.39, 0.29) is 11.7 Å². The highest BCUT2D eigenvalue weighted by molar-refractivity contribution is 7.22. The standard InChI is InChI=1S/C19H24N4O2S/c1-12(2)24-14-3-4-15-16(9-14)26-18(21-15)22-17-20-10-19(25-17)11-23-7-5-13(19)6-8-23/h3-4,9,12-13H,5-8,10-11H2,1-2H3,(H,20,21,22)/t19-/m0/s1. The van der Waals surface area contributed by atoms with Crippen LogP contribution in [0.25, 0.3) is 10.2 Å². The highest BCUT2D eigenvalue weighted by Gasteiger charge is 2.51. The fourth-order valence-electron chi connectivity index (χ4n) is 4.34. The molecule has 7 heteroatoms. The zero-order valence-electron chi connectivity index (χ0n) is 15.2. The molecule has 3 fully saturated rings. The van der Waals surface area contributed by atoms with Crippen LogP contribution in [0.2, 0.25) is 0 Å². The van der Waals surface area contributed by atoms with Crippen LogP contribution in [0, 0.1) is 5.92 Å². The first-order valence-corrected chi connectivity index (χ1v) is 10.2. The number of aliphatic imine (C=N–C) groups is 1. The maximum Gasteiger partial charge on any atom is 0.291 e. The quantitative estimate of drug-likeness (QED) is 0.895. The predicted molar refractivity (Wildman–Crippen MR) is 104 cm³/mol. The van der Waals surface area contributed by atoms with Crippen molar-refractivity contribution in [3.05, 3.63) is 18.2 Å². The van der Waals surface area contributed by atoms with E-state index in [1.807, 2.05) is 32.0 Å². The largest absolute Gasteiger partial charge is 0.491 e. The number of thiazole rings is 1. The van der Waals surface area contributed by atoms with Crippen LogP contribution in [0.4, 0.5) is 5.13 Å². The maximum absolute atomic E-state index is 6.34. The molecule has 0 unspecified atom stereocenters. The zero-order chi connectivity index (χ0) is 17.7. The van der Waals surface area contributed by atoms with Gasteiger partial charge in [-0.05, 0) is 58.0 Å². The molecular formula is C19H24N4O2S. The van der Waals surface area contributed by atoms with Gasteiger partial charge in [-0.2, -0.15) is 0 Å². The van der Waals surface area contributed by atoms with Gasteiger partial charge in [0.1, 0.15) is 11.4 Å². The lowest BCUT2D eigenvalue weighted by molar-refractivity contribution is -0.0829. The topological polar surface area (TPSA) is 59.0 Å². The van der Waals surface area contributed by atoms with Crippen LogP contribution in [0.1, 0.15) is 26.7 Å². The lowest BCUT2D eigenvalue weighted by atomic mass is 9.75. The Morgan fingerprint density at radius 3 is 2.92 bits per heavy atom. The summed E-state index contributed by atoms with van der Waals surface area (Å²) in [5.41, 5.74) is 0.845. The van der Waals surface area contributed by atoms with E-state index >= 15 is 0 Å². The van der Waals surface area contributed by atoms with Gasteiger partial charge in [0.05, 0.1) is 22.9 Å². The Bertz CT molecular complexity index is 856. The fourth-order valence-corrected chi connectivity index (χ4v) is 5.23. The van der Waals surface area contributed by atoms with E-state index < -0.39 is 0 Å². The van der Waals surface area contributed by atoms with Crippen molar-refractivity contribution in [3.8, 4) is 5.75 Å². The number of ether oxygens (including phenoxy) is 2. The molecule has 0 aliphatic carbocycles. The van der Waals surface area contributed by atoms with Gasteiger partial charge >= 0.3 is 0 Å². The van der Waals surface area contributed by atoms with Gasteiger partial charge in [0.25, 0.3) is 6.02 Å². The zero-order valence-corrected chi connectivity index (χ0v) is 16.0. The van der Waals surface area contributed by atoms with E-state index in [2.05, 4.69) is 20.2 Å². The van der Waals surface area contributed by atoms with Crippen LogP contribution in [0.5, 0.6) is 5.75 Å². The Labute approximate surface area is 157 Å². The molecule has 0 radical (unpaired) electrons. The molecule has 6 rings (SSSR count). The van der Waals surface area contributed by atoms with Crippen molar-refractivity contribution in [2.24, 2.45) is 10.9 Å². The Hall–Kier alpha value is -1.86. The molecule has 1 aromatic heterocycles. The van der Waals surface area contributed by atoms with E-state index in [9.17, 15) is 0 Å². The molecule has 1 atom stereocenters. The highest BCUT2D eigenvalue weighted by Crippen LogP contribution is 2.41. The minimum absolute atomic E-state index is 0.117. The van der Waals surface area contributed by atoms with Crippen LogP contribution < -0.4 is 10.1 Å². The van der Waals surface area contributed by atoms with Gasteiger partial charge < -0.3 is 9.47 Å². The molecule has 26 heavy (non-hydrogen) atoms. The molecule has 4 aliphatic heterocycles. The number of aromatic nitrogens is 1. The summed E-state index contributed by atoms with van der Waals surface area (Å²) in [5.74, 6) is 1.50. The summed E-state index contributed by atoms with van der Waals surface area (Å²) in [4.78, 5) is 11.8. The molecule has 4 aliphatic rings. The smallest absolute Gasteiger partial charge is 0.291 e. The van der Waals surface area contributed by atoms with Crippen molar-refractivity contribution in [1.29, 1.82) is 0 Å². The summed E-state index contributed by atoms with van der Waals surface area (Å²) < 4.78 is 13.2. The molecule has 1 aromatic carbocycles. The summed E-state index contributed by atoms with van der Waals surface area (Å²) in [6, 6.07) is 6.64. The predicted octanol–water partition coefficient (Wildman–Crippen LogP) is 3.35. The second-order valence-corrected chi connectivity index (χ2v) is 8.81. The molecule has 1 N–H and O–H groups in total. The van der Waals surface area contributed by atoms with Crippen LogP contribution >= 0.6 is 11.3 Å². The van der Waals surface area contributed by atoms with Crippen molar-refractivity contribution >= 4 is 32.7 Å². The minimum atomic E-state index is -0.117. The average Bonchev–Trinajstić information content (AvgIpc) is 3.19. The summed E-state index contributed by atoms with van der Waals surface area (Å²) >= 11 is 1.60. The van der Waals surface area contributed by atoms with Gasteiger partial charge in [0.2, 0.25) is 0 Å². The maximum atomic E-state index is 6.34. The van der Waals surface area contributed by atoms with Gasteiger partial charge in [-0.15, -0.1) is 0 Å². The molecule has 5 heterocycles. The Morgan fingerprint density at radius 2 is 2.19 bits per heavy atom. The Kier molecular flexibility index (Phi) is 3.83. The number of hydrogen-bond acceptors (Lipinski definition) is 7. The monoisotopic (exact) mass is 372 g/mol. The number of nitrogens with one attached hydrogen (secondary N) is 1. The lowest BCUT2D eigenvalue weighted by Gasteiger charge is -2.50. The van der Waals surface area contributed by atoms with Crippen molar-refractivity contribution in [2.75, 3.05) is 31.5 Å². The van der Waals surface area contributed by atoms with Crippen molar-refractivity contribution in [2.45, 2.75) is 38.4 Å². The van der Waals surface area contributed by atoms with Gasteiger partial charge in [-0.1, -0.05) is 11.3 Å². The minimum Gasteiger partial charge on any atom is -0.491 e. The number of fused-ring (bicyclic) bond motifs is 3. The average molecular weight is 372 g/mol. The first-order chi connectivity index (χ1) is 12.6. The molecule has 2 aromatic rings. The normalized spacial score (nSPS) is 30.0. The number of benzene rings is 1. The third-order valence-corrected chi connectivity index (χ3v) is 6.49. The number of nitrogens with zero attached hydrogens (tertiary/aromatic N) is 3. The number of anilines is 1. The Morgan fingerprint density at radius 1 is 1.35 bits per heavy atom. The molecule has 0 saturated carbocycles. The number of amidine groups is 1. The molecular weight excluding hydrogens is 348 g/mol. The lowest BCUT2D eigenvalue weighted by Crippen LogP contribution is -2.61. The third-order valence-electron chi connectivity index (χ3n) is 5.56. The summed E-state index contributed by atoms with van der Waals surface area (Å²) in [7, 11) is 0. The van der Waals surface area contributed by atoms with Crippen molar-refractivity contribution in [1.82, 2.24) is 9.88 Å². The second-order valence-electron chi connectivity index (χ2n) is 7.78. The first-order valence-electron chi connectivity index (χ1n) is 9.40. The fraction of sp³-hybridized carbons (Fsp3) is 0.579. The van der Waals surface area contributed by atoms with E-state index in [1.54, 1.807) is 11.3 Å². The van der Waals surface area contributed by atoms with E-state index in [1.165, 1.54) is 25.9 Å². The van der Waals surface area contributed by atoms with Crippen LogP contribution in [0.15, 0.2) is 23.2 Å². The summed E-state index contributed by atoms with van der Waals surface area (Å²) in [6.45, 7) is 8.23. The Balaban J connectivity index is 1.31. The van der Waals surface area contributed by atoms with Gasteiger partial charge in [0.15, 0.2) is 5.13 Å². The van der Waals surface area contributed by atoms with E-state index in [4.69, 9.17) is 9.47 Å². The summed E-state index contributed by atoms with van der Waals surface area (Å²) in [5, 5.41) is 4.12. The molecule has 1 spiro atoms. The van der Waals surface area contributed by atoms with E-state index in [0.29, 0.717) is 11.9 Å². The van der Waals surface area contributed by atoms with Crippen molar-refractivity contribution in [3.63, 3.8) is 0 Å². The molecule has 6 nitrogen and oxygen atoms in total. The molecule has 0 amide bonds. The first kappa shape index (κ1) is 16.3. The van der Waals surface area contributed by atoms with Crippen LogP contribution in [-0.2, 0) is 4.74 Å². The second kappa shape index (κ2) is 6.09.